The van der Waals surface area contributed by atoms with Crippen LogP contribution < -0.4 is 4.90 Å². The van der Waals surface area contributed by atoms with Crippen molar-refractivity contribution in [2.75, 3.05) is 44.7 Å². The first-order chi connectivity index (χ1) is 15.6. The highest BCUT2D eigenvalue weighted by atomic mass is 16.2. The molecule has 1 aliphatic rings. The van der Waals surface area contributed by atoms with Crippen molar-refractivity contribution >= 4 is 28.0 Å². The van der Waals surface area contributed by atoms with E-state index >= 15 is 0 Å². The number of carbonyl (C=O) groups excluding carboxylic acids is 1. The van der Waals surface area contributed by atoms with Crippen LogP contribution >= 0.6 is 0 Å². The van der Waals surface area contributed by atoms with E-state index in [9.17, 15) is 4.79 Å². The van der Waals surface area contributed by atoms with Crippen molar-refractivity contribution in [1.82, 2.24) is 29.6 Å². The van der Waals surface area contributed by atoms with E-state index < -0.39 is 0 Å². The van der Waals surface area contributed by atoms with Crippen LogP contribution in [0.25, 0.3) is 16.4 Å². The van der Waals surface area contributed by atoms with Crippen LogP contribution in [-0.2, 0) is 11.3 Å². The van der Waals surface area contributed by atoms with Crippen LogP contribution in [0.15, 0.2) is 54.6 Å². The Bertz CT molecular complexity index is 1250. The maximum atomic E-state index is 13.4. The number of likely N-dealkylation sites (N-methyl/N-ethyl adjacent to an activating group) is 1. The maximum Gasteiger partial charge on any atom is 0.241 e. The minimum Gasteiger partial charge on any atom is -0.304 e. The summed E-state index contributed by atoms with van der Waals surface area (Å²) >= 11 is 0. The highest BCUT2D eigenvalue weighted by molar-refractivity contribution is 5.96. The molecule has 2 aromatic carbocycles. The molecule has 1 amide bonds. The number of rotatable bonds is 5. The Morgan fingerprint density at radius 1 is 0.938 bits per heavy atom. The van der Waals surface area contributed by atoms with Crippen LogP contribution in [0.3, 0.4) is 0 Å². The van der Waals surface area contributed by atoms with Crippen molar-refractivity contribution in [3.63, 3.8) is 0 Å². The summed E-state index contributed by atoms with van der Waals surface area (Å²) in [5.41, 5.74) is 2.46. The Morgan fingerprint density at radius 2 is 1.62 bits per heavy atom. The van der Waals surface area contributed by atoms with E-state index in [1.54, 1.807) is 9.42 Å². The first-order valence-electron chi connectivity index (χ1n) is 11.0. The number of piperazine rings is 1. The Hall–Kier alpha value is -3.36. The molecule has 1 aliphatic heterocycles. The second-order valence-electron chi connectivity index (χ2n) is 8.38. The van der Waals surface area contributed by atoms with Crippen molar-refractivity contribution in [2.24, 2.45) is 0 Å². The predicted molar refractivity (Wildman–Crippen MR) is 125 cm³/mol. The zero-order valence-corrected chi connectivity index (χ0v) is 18.5. The van der Waals surface area contributed by atoms with Gasteiger partial charge in [-0.05, 0) is 26.1 Å². The van der Waals surface area contributed by atoms with Crippen LogP contribution in [-0.4, -0.2) is 75.3 Å². The third-order valence-electron chi connectivity index (χ3n) is 6.14. The molecule has 1 fully saturated rings. The van der Waals surface area contributed by atoms with Crippen molar-refractivity contribution < 1.29 is 4.79 Å². The monoisotopic (exact) mass is 429 g/mol. The highest BCUT2D eigenvalue weighted by Crippen LogP contribution is 2.22. The van der Waals surface area contributed by atoms with Gasteiger partial charge in [-0.3, -0.25) is 9.69 Å². The minimum atomic E-state index is 0.0509. The number of benzene rings is 2. The molecule has 8 nitrogen and oxygen atoms in total. The van der Waals surface area contributed by atoms with Gasteiger partial charge in [0.25, 0.3) is 0 Å². The number of anilines is 1. The van der Waals surface area contributed by atoms with Crippen molar-refractivity contribution in [1.29, 1.82) is 0 Å². The Kier molecular flexibility index (Phi) is 5.55. The fourth-order valence-corrected chi connectivity index (χ4v) is 4.24. The first-order valence-corrected chi connectivity index (χ1v) is 11.0. The molecule has 1 saturated heterocycles. The van der Waals surface area contributed by atoms with Gasteiger partial charge in [-0.25, -0.2) is 0 Å². The molecule has 0 atom stereocenters. The molecule has 4 aromatic rings. The Labute approximate surface area is 187 Å². The number of aryl methyl sites for hydroxylation is 1. The topological polar surface area (TPSA) is 69.9 Å². The lowest BCUT2D eigenvalue weighted by molar-refractivity contribution is -0.120. The molecular formula is C24H27N7O. The van der Waals surface area contributed by atoms with Gasteiger partial charge in [-0.1, -0.05) is 42.5 Å². The SMILES string of the molecule is Cc1nn2c(CN(C(=O)CN3CCN(C)CC3)c3ccccc3)nnc2c2ccccc12. The summed E-state index contributed by atoms with van der Waals surface area (Å²) in [4.78, 5) is 19.7. The quantitative estimate of drug-likeness (QED) is 0.485. The fraction of sp³-hybridized carbons (Fsp3) is 0.333. The number of nitrogens with zero attached hydrogens (tertiary/aromatic N) is 7. The van der Waals surface area contributed by atoms with E-state index in [0.29, 0.717) is 24.6 Å². The first kappa shape index (κ1) is 20.5. The van der Waals surface area contributed by atoms with Crippen LogP contribution in [0.4, 0.5) is 5.69 Å². The average molecular weight is 430 g/mol. The molecule has 2 aromatic heterocycles. The Balaban J connectivity index is 1.48. The van der Waals surface area contributed by atoms with E-state index in [-0.39, 0.29) is 5.91 Å². The van der Waals surface area contributed by atoms with Gasteiger partial charge in [0.15, 0.2) is 11.5 Å². The Morgan fingerprint density at radius 3 is 2.38 bits per heavy atom. The average Bonchev–Trinajstić information content (AvgIpc) is 3.22. The molecule has 0 N–H and O–H groups in total. The number of amides is 1. The molecule has 0 unspecified atom stereocenters. The number of aromatic nitrogens is 4. The number of hydrogen-bond donors (Lipinski definition) is 0. The lowest BCUT2D eigenvalue weighted by atomic mass is 10.1. The van der Waals surface area contributed by atoms with E-state index in [4.69, 9.17) is 5.10 Å². The van der Waals surface area contributed by atoms with Gasteiger partial charge in [0.2, 0.25) is 5.91 Å². The van der Waals surface area contributed by atoms with Crippen LogP contribution in [0.1, 0.15) is 11.5 Å². The van der Waals surface area contributed by atoms with E-state index in [1.807, 2.05) is 61.5 Å². The molecule has 0 spiro atoms. The van der Waals surface area contributed by atoms with Crippen LogP contribution in [0.5, 0.6) is 0 Å². The molecule has 0 bridgehead atoms. The van der Waals surface area contributed by atoms with Gasteiger partial charge in [0.1, 0.15) is 0 Å². The van der Waals surface area contributed by atoms with Crippen LogP contribution in [0.2, 0.25) is 0 Å². The van der Waals surface area contributed by atoms with Gasteiger partial charge < -0.3 is 9.80 Å². The summed E-state index contributed by atoms with van der Waals surface area (Å²) in [6.45, 7) is 6.42. The summed E-state index contributed by atoms with van der Waals surface area (Å²) < 4.78 is 1.77. The van der Waals surface area contributed by atoms with Gasteiger partial charge in [-0.15, -0.1) is 10.2 Å². The summed E-state index contributed by atoms with van der Waals surface area (Å²) in [7, 11) is 2.12. The predicted octanol–water partition coefficient (Wildman–Crippen LogP) is 2.37. The second kappa shape index (κ2) is 8.64. The highest BCUT2D eigenvalue weighted by Gasteiger charge is 2.24. The molecule has 0 saturated carbocycles. The van der Waals surface area contributed by atoms with E-state index in [1.165, 1.54) is 0 Å². The number of hydrogen-bond acceptors (Lipinski definition) is 6. The molecule has 32 heavy (non-hydrogen) atoms. The zero-order valence-electron chi connectivity index (χ0n) is 18.5. The molecular weight excluding hydrogens is 402 g/mol. The molecule has 3 heterocycles. The van der Waals surface area contributed by atoms with Gasteiger partial charge >= 0.3 is 0 Å². The lowest BCUT2D eigenvalue weighted by Crippen LogP contribution is -2.49. The van der Waals surface area contributed by atoms with Crippen molar-refractivity contribution in [2.45, 2.75) is 13.5 Å². The second-order valence-corrected chi connectivity index (χ2v) is 8.38. The third kappa shape index (κ3) is 3.94. The van der Waals surface area contributed by atoms with Gasteiger partial charge in [0.05, 0.1) is 18.8 Å². The molecule has 8 heteroatoms. The van der Waals surface area contributed by atoms with E-state index in [2.05, 4.69) is 27.0 Å². The summed E-state index contributed by atoms with van der Waals surface area (Å²) in [6.07, 6.45) is 0. The van der Waals surface area contributed by atoms with Crippen LogP contribution in [0, 0.1) is 6.92 Å². The number of para-hydroxylation sites is 1. The van der Waals surface area contributed by atoms with Crippen molar-refractivity contribution in [3.8, 4) is 0 Å². The summed E-state index contributed by atoms with van der Waals surface area (Å²) in [5.74, 6) is 0.694. The largest absolute Gasteiger partial charge is 0.304 e. The van der Waals surface area contributed by atoms with Gasteiger partial charge in [0, 0.05) is 42.6 Å². The summed E-state index contributed by atoms with van der Waals surface area (Å²) in [6, 6.07) is 17.8. The minimum absolute atomic E-state index is 0.0509. The van der Waals surface area contributed by atoms with Crippen molar-refractivity contribution in [3.05, 3.63) is 66.1 Å². The number of fused-ring (bicyclic) bond motifs is 3. The van der Waals surface area contributed by atoms with E-state index in [0.717, 1.165) is 48.3 Å². The smallest absolute Gasteiger partial charge is 0.241 e. The summed E-state index contributed by atoms with van der Waals surface area (Å²) in [5, 5.41) is 15.6. The standard InChI is InChI=1S/C24H27N7O/c1-18-20-10-6-7-11-21(20)24-26-25-22(31(24)27-18)16-30(19-8-4-3-5-9-19)23(32)17-29-14-12-28(2)13-15-29/h3-11H,12-17H2,1-2H3. The number of carbonyl (C=O) groups is 1. The maximum absolute atomic E-state index is 13.4. The van der Waals surface area contributed by atoms with Gasteiger partial charge in [-0.2, -0.15) is 9.61 Å². The zero-order chi connectivity index (χ0) is 22.1. The molecule has 164 valence electrons. The molecule has 0 radical (unpaired) electrons. The molecule has 0 aliphatic carbocycles. The lowest BCUT2D eigenvalue weighted by Gasteiger charge is -2.33. The normalized spacial score (nSPS) is 15.4. The fourth-order valence-electron chi connectivity index (χ4n) is 4.24. The third-order valence-corrected chi connectivity index (χ3v) is 6.14. The molecule has 5 rings (SSSR count).